The molecule has 0 bridgehead atoms. The van der Waals surface area contributed by atoms with Crippen LogP contribution in [0, 0.1) is 6.57 Å². The van der Waals surface area contributed by atoms with Crippen molar-refractivity contribution in [3.63, 3.8) is 0 Å². The maximum Gasteiger partial charge on any atom is 0.238 e. The van der Waals surface area contributed by atoms with Crippen LogP contribution in [0.3, 0.4) is 0 Å². The molecule has 2 radical (unpaired) electrons. The number of ether oxygens (including phenoxy) is 4. The van der Waals surface area contributed by atoms with Gasteiger partial charge in [-0.3, -0.25) is 0 Å². The minimum absolute atomic E-state index is 0.162. The molecule has 2 unspecified atom stereocenters. The molecule has 0 N–H and O–H groups in total. The highest BCUT2D eigenvalue weighted by atomic mass is 31.2. The Morgan fingerprint density at radius 2 is 1.92 bits per heavy atom. The molecule has 24 heavy (non-hydrogen) atoms. The quantitative estimate of drug-likeness (QED) is 0.228. The van der Waals surface area contributed by atoms with Gasteiger partial charge in [0.15, 0.2) is 8.38 Å². The van der Waals surface area contributed by atoms with Gasteiger partial charge in [-0.05, 0) is 6.42 Å². The predicted octanol–water partition coefficient (Wildman–Crippen LogP) is 1.60. The number of hydrogen-bond donors (Lipinski definition) is 0. The van der Waals surface area contributed by atoms with Gasteiger partial charge in [-0.1, -0.05) is 6.92 Å². The van der Waals surface area contributed by atoms with Crippen LogP contribution < -0.4 is 0 Å². The largest absolute Gasteiger partial charge is 0.382 e. The van der Waals surface area contributed by atoms with Gasteiger partial charge in [0.05, 0.1) is 19.3 Å². The molecular formula is C15H27BNO6P. The second-order valence-electron chi connectivity index (χ2n) is 5.41. The standard InChI is InChI=1S/C15H27BNO6P/c1-6-12-13(23-24(5)20-8-7-17-2)14(15(16)22-12)21-11(9-18-3)10-19-4/h11-15H,6-10H2,1,3-5H3/t12-,13?,14+,15-,24?/m1/s1. The van der Waals surface area contributed by atoms with E-state index in [1.54, 1.807) is 14.2 Å². The van der Waals surface area contributed by atoms with Gasteiger partial charge in [-0.2, -0.15) is 0 Å². The third kappa shape index (κ3) is 6.93. The summed E-state index contributed by atoms with van der Waals surface area (Å²) in [6.07, 6.45) is -0.426. The van der Waals surface area contributed by atoms with E-state index in [4.69, 9.17) is 42.4 Å². The lowest BCUT2D eigenvalue weighted by Crippen LogP contribution is -2.42. The lowest BCUT2D eigenvalue weighted by atomic mass is 9.92. The van der Waals surface area contributed by atoms with E-state index in [1.165, 1.54) is 0 Å². The van der Waals surface area contributed by atoms with E-state index in [-0.39, 0.29) is 18.3 Å². The third-order valence-electron chi connectivity index (χ3n) is 3.55. The summed E-state index contributed by atoms with van der Waals surface area (Å²) in [5.41, 5.74) is 0. The Hall–Kier alpha value is -0.255. The van der Waals surface area contributed by atoms with Crippen LogP contribution in [0.15, 0.2) is 0 Å². The van der Waals surface area contributed by atoms with E-state index in [0.29, 0.717) is 26.4 Å². The predicted molar refractivity (Wildman–Crippen MR) is 92.3 cm³/mol. The van der Waals surface area contributed by atoms with Crippen molar-refractivity contribution in [3.05, 3.63) is 11.4 Å². The zero-order valence-electron chi connectivity index (χ0n) is 14.8. The molecule has 9 heteroatoms. The van der Waals surface area contributed by atoms with Crippen LogP contribution in [-0.2, 0) is 28.0 Å². The lowest BCUT2D eigenvalue weighted by molar-refractivity contribution is -0.103. The molecule has 1 rings (SSSR count). The number of methoxy groups -OCH3 is 2. The molecule has 136 valence electrons. The van der Waals surface area contributed by atoms with Crippen molar-refractivity contribution < 1.29 is 28.0 Å². The highest BCUT2D eigenvalue weighted by molar-refractivity contribution is 7.46. The highest BCUT2D eigenvalue weighted by Crippen LogP contribution is 2.41. The van der Waals surface area contributed by atoms with Crippen molar-refractivity contribution in [2.75, 3.05) is 47.2 Å². The molecule has 0 aromatic heterocycles. The first-order chi connectivity index (χ1) is 11.6. The van der Waals surface area contributed by atoms with Crippen LogP contribution in [0.5, 0.6) is 0 Å². The van der Waals surface area contributed by atoms with E-state index < -0.39 is 20.5 Å². The van der Waals surface area contributed by atoms with Crippen LogP contribution in [-0.4, -0.2) is 85.5 Å². The average Bonchev–Trinajstić information content (AvgIpc) is 2.84. The summed E-state index contributed by atoms with van der Waals surface area (Å²) >= 11 is 0. The van der Waals surface area contributed by atoms with Gasteiger partial charge in [0.25, 0.3) is 0 Å². The van der Waals surface area contributed by atoms with Gasteiger partial charge in [-0.15, -0.1) is 0 Å². The normalized spacial score (nSPS) is 28.2. The maximum absolute atomic E-state index is 6.78. The Bertz CT molecular complexity index is 379. The van der Waals surface area contributed by atoms with Gasteiger partial charge in [0.1, 0.15) is 32.8 Å². The van der Waals surface area contributed by atoms with Crippen molar-refractivity contribution >= 4 is 16.2 Å². The first-order valence-electron chi connectivity index (χ1n) is 7.98. The minimum atomic E-state index is -1.14. The van der Waals surface area contributed by atoms with Crippen molar-refractivity contribution in [3.8, 4) is 0 Å². The zero-order chi connectivity index (χ0) is 17.9. The molecule has 0 amide bonds. The second-order valence-corrected chi connectivity index (χ2v) is 6.75. The van der Waals surface area contributed by atoms with E-state index >= 15 is 0 Å². The third-order valence-corrected chi connectivity index (χ3v) is 4.64. The van der Waals surface area contributed by atoms with Crippen LogP contribution >= 0.6 is 8.38 Å². The van der Waals surface area contributed by atoms with Gasteiger partial charge >= 0.3 is 0 Å². The van der Waals surface area contributed by atoms with Crippen molar-refractivity contribution in [2.45, 2.75) is 43.8 Å². The monoisotopic (exact) mass is 359 g/mol. The number of nitrogens with zero attached hydrogens (tertiary/aromatic N) is 1. The molecular weight excluding hydrogens is 332 g/mol. The topological polar surface area (TPSA) is 59.7 Å². The average molecular weight is 359 g/mol. The van der Waals surface area contributed by atoms with Gasteiger partial charge < -0.3 is 32.8 Å². The second kappa shape index (κ2) is 12.2. The molecule has 0 spiro atoms. The van der Waals surface area contributed by atoms with Crippen molar-refractivity contribution in [1.82, 2.24) is 0 Å². The van der Waals surface area contributed by atoms with E-state index in [0.717, 1.165) is 6.42 Å². The summed E-state index contributed by atoms with van der Waals surface area (Å²) < 4.78 is 33.7. The fraction of sp³-hybridized carbons (Fsp3) is 0.933. The Morgan fingerprint density at radius 3 is 2.46 bits per heavy atom. The number of rotatable bonds is 12. The Labute approximate surface area is 147 Å². The van der Waals surface area contributed by atoms with Gasteiger partial charge in [0, 0.05) is 26.9 Å². The van der Waals surface area contributed by atoms with Crippen LogP contribution in [0.25, 0.3) is 4.85 Å². The van der Waals surface area contributed by atoms with Crippen LogP contribution in [0.4, 0.5) is 0 Å². The summed E-state index contributed by atoms with van der Waals surface area (Å²) in [5.74, 6) is 0. The van der Waals surface area contributed by atoms with Crippen molar-refractivity contribution in [2.24, 2.45) is 0 Å². The maximum atomic E-state index is 6.78. The molecule has 0 aliphatic carbocycles. The van der Waals surface area contributed by atoms with E-state index in [1.807, 2.05) is 13.6 Å². The molecule has 1 heterocycles. The molecule has 0 saturated carbocycles. The molecule has 7 nitrogen and oxygen atoms in total. The fourth-order valence-corrected chi connectivity index (χ4v) is 3.50. The van der Waals surface area contributed by atoms with E-state index in [2.05, 4.69) is 4.85 Å². The number of hydrogen-bond acceptors (Lipinski definition) is 6. The molecule has 5 atom stereocenters. The summed E-state index contributed by atoms with van der Waals surface area (Å²) in [6.45, 7) is 12.1. The summed E-state index contributed by atoms with van der Waals surface area (Å²) in [5, 5.41) is 0. The first-order valence-corrected chi connectivity index (χ1v) is 9.60. The summed E-state index contributed by atoms with van der Waals surface area (Å²) in [4.78, 5) is 3.26. The lowest BCUT2D eigenvalue weighted by Gasteiger charge is -2.29. The SMILES string of the molecule is [B][C@@H]1O[C@H](CC)C(OP(C)OCC[N+]#[C-])[C@@H]1OC(COC)COC. The summed E-state index contributed by atoms with van der Waals surface area (Å²) in [6, 6.07) is -0.581. The van der Waals surface area contributed by atoms with Crippen LogP contribution in [0.2, 0.25) is 0 Å². The molecule has 0 aromatic carbocycles. The molecule has 1 aliphatic rings. The molecule has 1 fully saturated rings. The zero-order valence-corrected chi connectivity index (χ0v) is 15.7. The first kappa shape index (κ1) is 21.8. The van der Waals surface area contributed by atoms with E-state index in [9.17, 15) is 0 Å². The smallest absolute Gasteiger partial charge is 0.238 e. The fourth-order valence-electron chi connectivity index (χ4n) is 2.50. The Morgan fingerprint density at radius 1 is 1.25 bits per heavy atom. The van der Waals surface area contributed by atoms with Gasteiger partial charge in [-0.25, -0.2) is 6.57 Å². The van der Waals surface area contributed by atoms with Crippen molar-refractivity contribution in [1.29, 1.82) is 0 Å². The van der Waals surface area contributed by atoms with Crippen LogP contribution in [0.1, 0.15) is 13.3 Å². The Balaban J connectivity index is 2.69. The highest BCUT2D eigenvalue weighted by Gasteiger charge is 2.44. The van der Waals surface area contributed by atoms with Gasteiger partial charge in [0.2, 0.25) is 6.54 Å². The molecule has 1 aliphatic heterocycles. The molecule has 0 aromatic rings. The summed E-state index contributed by atoms with van der Waals surface area (Å²) in [7, 11) is 8.16. The minimum Gasteiger partial charge on any atom is -0.382 e. The molecule has 1 saturated heterocycles. The Kier molecular flexibility index (Phi) is 11.0.